The number of amides is 1. The maximum Gasteiger partial charge on any atom is 0.220 e. The monoisotopic (exact) mass is 272 g/mol. The number of aryl methyl sites for hydroxylation is 2. The van der Waals surface area contributed by atoms with Crippen LogP contribution in [0.4, 0.5) is 0 Å². The van der Waals surface area contributed by atoms with Crippen molar-refractivity contribution in [2.24, 2.45) is 0 Å². The summed E-state index contributed by atoms with van der Waals surface area (Å²) in [7, 11) is 0. The van der Waals surface area contributed by atoms with Gasteiger partial charge < -0.3 is 9.88 Å². The SMILES string of the molecule is O=C(CCc1ccncc1)NCCCCn1ccnc1. The molecule has 2 aromatic rings. The molecule has 0 aliphatic rings. The summed E-state index contributed by atoms with van der Waals surface area (Å²) in [6, 6.07) is 3.89. The Balaban J connectivity index is 1.52. The summed E-state index contributed by atoms with van der Waals surface area (Å²) in [6.45, 7) is 1.69. The second kappa shape index (κ2) is 8.09. The van der Waals surface area contributed by atoms with Crippen LogP contribution in [-0.4, -0.2) is 27.0 Å². The molecule has 106 valence electrons. The van der Waals surface area contributed by atoms with Crippen molar-refractivity contribution < 1.29 is 4.79 Å². The lowest BCUT2D eigenvalue weighted by Gasteiger charge is -2.06. The van der Waals surface area contributed by atoms with E-state index in [1.807, 2.05) is 29.2 Å². The number of aromatic nitrogens is 3. The number of imidazole rings is 1. The van der Waals surface area contributed by atoms with Gasteiger partial charge in [0.25, 0.3) is 0 Å². The highest BCUT2D eigenvalue weighted by Gasteiger charge is 2.01. The molecule has 5 nitrogen and oxygen atoms in total. The molecule has 0 spiro atoms. The number of nitrogens with one attached hydrogen (secondary N) is 1. The van der Waals surface area contributed by atoms with Crippen LogP contribution in [0, 0.1) is 0 Å². The van der Waals surface area contributed by atoms with Gasteiger partial charge in [-0.25, -0.2) is 4.98 Å². The number of hydrogen-bond donors (Lipinski definition) is 1. The first-order valence-corrected chi connectivity index (χ1v) is 6.96. The second-order valence-electron chi connectivity index (χ2n) is 4.71. The van der Waals surface area contributed by atoms with E-state index in [0.29, 0.717) is 6.42 Å². The largest absolute Gasteiger partial charge is 0.356 e. The van der Waals surface area contributed by atoms with Crippen LogP contribution in [0.5, 0.6) is 0 Å². The third kappa shape index (κ3) is 5.22. The van der Waals surface area contributed by atoms with Gasteiger partial charge in [0.2, 0.25) is 5.91 Å². The molecule has 2 heterocycles. The van der Waals surface area contributed by atoms with Crippen LogP contribution in [0.3, 0.4) is 0 Å². The van der Waals surface area contributed by atoms with Gasteiger partial charge in [-0.15, -0.1) is 0 Å². The van der Waals surface area contributed by atoms with Gasteiger partial charge in [-0.2, -0.15) is 0 Å². The Labute approximate surface area is 119 Å². The molecule has 0 saturated heterocycles. The van der Waals surface area contributed by atoms with E-state index >= 15 is 0 Å². The summed E-state index contributed by atoms with van der Waals surface area (Å²) in [6.07, 6.45) is 12.4. The van der Waals surface area contributed by atoms with Crippen molar-refractivity contribution in [3.8, 4) is 0 Å². The molecule has 0 aliphatic carbocycles. The van der Waals surface area contributed by atoms with Crippen molar-refractivity contribution in [3.63, 3.8) is 0 Å². The predicted molar refractivity (Wildman–Crippen MR) is 77.0 cm³/mol. The van der Waals surface area contributed by atoms with E-state index in [-0.39, 0.29) is 5.91 Å². The molecule has 0 saturated carbocycles. The smallest absolute Gasteiger partial charge is 0.220 e. The molecule has 20 heavy (non-hydrogen) atoms. The van der Waals surface area contributed by atoms with Crippen LogP contribution in [0.1, 0.15) is 24.8 Å². The molecule has 0 radical (unpaired) electrons. The zero-order valence-corrected chi connectivity index (χ0v) is 11.5. The fourth-order valence-corrected chi connectivity index (χ4v) is 1.96. The molecule has 0 fully saturated rings. The zero-order valence-electron chi connectivity index (χ0n) is 11.5. The highest BCUT2D eigenvalue weighted by Crippen LogP contribution is 2.00. The van der Waals surface area contributed by atoms with Crippen LogP contribution in [0.15, 0.2) is 43.2 Å². The lowest BCUT2D eigenvalue weighted by atomic mass is 10.1. The minimum atomic E-state index is 0.115. The van der Waals surface area contributed by atoms with E-state index in [1.54, 1.807) is 18.6 Å². The van der Waals surface area contributed by atoms with E-state index in [9.17, 15) is 4.79 Å². The molecule has 0 atom stereocenters. The average Bonchev–Trinajstić information content (AvgIpc) is 2.99. The zero-order chi connectivity index (χ0) is 14.0. The molecule has 5 heteroatoms. The van der Waals surface area contributed by atoms with Gasteiger partial charge in [0, 0.05) is 44.3 Å². The van der Waals surface area contributed by atoms with Crippen molar-refractivity contribution >= 4 is 5.91 Å². The van der Waals surface area contributed by atoms with Crippen LogP contribution in [0.25, 0.3) is 0 Å². The topological polar surface area (TPSA) is 59.8 Å². The predicted octanol–water partition coefficient (Wildman–Crippen LogP) is 1.81. The number of carbonyl (C=O) groups is 1. The number of pyridine rings is 1. The van der Waals surface area contributed by atoms with Gasteiger partial charge >= 0.3 is 0 Å². The lowest BCUT2D eigenvalue weighted by molar-refractivity contribution is -0.121. The number of nitrogens with zero attached hydrogens (tertiary/aromatic N) is 3. The molecular weight excluding hydrogens is 252 g/mol. The Bertz CT molecular complexity index is 496. The van der Waals surface area contributed by atoms with Crippen LogP contribution < -0.4 is 5.32 Å². The van der Waals surface area contributed by atoms with Crippen LogP contribution in [0.2, 0.25) is 0 Å². The van der Waals surface area contributed by atoms with Crippen molar-refractivity contribution in [2.75, 3.05) is 6.54 Å². The average molecular weight is 272 g/mol. The van der Waals surface area contributed by atoms with Gasteiger partial charge in [0.05, 0.1) is 6.33 Å². The minimum Gasteiger partial charge on any atom is -0.356 e. The van der Waals surface area contributed by atoms with Crippen LogP contribution in [-0.2, 0) is 17.8 Å². The van der Waals surface area contributed by atoms with Crippen molar-refractivity contribution in [3.05, 3.63) is 48.8 Å². The first-order chi connectivity index (χ1) is 9.84. The lowest BCUT2D eigenvalue weighted by Crippen LogP contribution is -2.24. The van der Waals surface area contributed by atoms with Gasteiger partial charge in [-0.3, -0.25) is 9.78 Å². The highest BCUT2D eigenvalue weighted by molar-refractivity contribution is 5.76. The van der Waals surface area contributed by atoms with Gasteiger partial charge in [-0.05, 0) is 37.0 Å². The summed E-state index contributed by atoms with van der Waals surface area (Å²) >= 11 is 0. The van der Waals surface area contributed by atoms with E-state index in [0.717, 1.165) is 37.9 Å². The quantitative estimate of drug-likeness (QED) is 0.746. The Kier molecular flexibility index (Phi) is 5.76. The van der Waals surface area contributed by atoms with Gasteiger partial charge in [-0.1, -0.05) is 0 Å². The Hall–Kier alpha value is -2.17. The third-order valence-electron chi connectivity index (χ3n) is 3.11. The first kappa shape index (κ1) is 14.2. The minimum absolute atomic E-state index is 0.115. The molecule has 2 aromatic heterocycles. The third-order valence-corrected chi connectivity index (χ3v) is 3.11. The summed E-state index contributed by atoms with van der Waals surface area (Å²) in [5.74, 6) is 0.115. The standard InChI is InChI=1S/C15H20N4O/c20-15(4-3-14-5-8-16-9-6-14)18-7-1-2-11-19-12-10-17-13-19/h5-6,8-10,12-13H,1-4,7,11H2,(H,18,20). The number of carbonyl (C=O) groups excluding carboxylic acids is 1. The van der Waals surface area contributed by atoms with Gasteiger partial charge in [0.15, 0.2) is 0 Å². The van der Waals surface area contributed by atoms with Gasteiger partial charge in [0.1, 0.15) is 0 Å². The highest BCUT2D eigenvalue weighted by atomic mass is 16.1. The summed E-state index contributed by atoms with van der Waals surface area (Å²) in [5, 5.41) is 2.95. The molecule has 0 bridgehead atoms. The molecular formula is C15H20N4O. The molecule has 1 amide bonds. The Morgan fingerprint density at radius 3 is 2.75 bits per heavy atom. The van der Waals surface area contributed by atoms with Crippen molar-refractivity contribution in [1.29, 1.82) is 0 Å². The molecule has 0 aliphatic heterocycles. The molecule has 0 unspecified atom stereocenters. The van der Waals surface area contributed by atoms with E-state index in [2.05, 4.69) is 15.3 Å². The molecule has 0 aromatic carbocycles. The maximum absolute atomic E-state index is 11.7. The Morgan fingerprint density at radius 2 is 2.00 bits per heavy atom. The van der Waals surface area contributed by atoms with Crippen molar-refractivity contribution in [2.45, 2.75) is 32.2 Å². The van der Waals surface area contributed by atoms with E-state index in [4.69, 9.17) is 0 Å². The first-order valence-electron chi connectivity index (χ1n) is 6.96. The van der Waals surface area contributed by atoms with Crippen LogP contribution >= 0.6 is 0 Å². The molecule has 1 N–H and O–H groups in total. The van der Waals surface area contributed by atoms with Crippen molar-refractivity contribution in [1.82, 2.24) is 19.9 Å². The van der Waals surface area contributed by atoms with E-state index < -0.39 is 0 Å². The fourth-order valence-electron chi connectivity index (χ4n) is 1.96. The summed E-state index contributed by atoms with van der Waals surface area (Å²) in [4.78, 5) is 19.6. The normalized spacial score (nSPS) is 10.4. The number of unbranched alkanes of at least 4 members (excludes halogenated alkanes) is 1. The number of rotatable bonds is 8. The fraction of sp³-hybridized carbons (Fsp3) is 0.400. The summed E-state index contributed by atoms with van der Waals surface area (Å²) < 4.78 is 2.05. The van der Waals surface area contributed by atoms with E-state index in [1.165, 1.54) is 0 Å². The second-order valence-corrected chi connectivity index (χ2v) is 4.71. The Morgan fingerprint density at radius 1 is 1.15 bits per heavy atom. The number of hydrogen-bond acceptors (Lipinski definition) is 3. The molecule has 2 rings (SSSR count). The summed E-state index contributed by atoms with van der Waals surface area (Å²) in [5.41, 5.74) is 1.15. The maximum atomic E-state index is 11.7.